The number of carboxylic acids is 1. The fraction of sp³-hybridized carbons (Fsp3) is 0.273. The normalized spacial score (nSPS) is 16.4. The average molecular weight is 457 g/mol. The predicted molar refractivity (Wildman–Crippen MR) is 122 cm³/mol. The molecule has 2 aliphatic heterocycles. The minimum absolute atomic E-state index is 0.136. The van der Waals surface area contributed by atoms with Gasteiger partial charge in [-0.15, -0.1) is 0 Å². The van der Waals surface area contributed by atoms with Crippen molar-refractivity contribution in [1.82, 2.24) is 9.88 Å². The first-order valence-corrected chi connectivity index (χ1v) is 11.1. The van der Waals surface area contributed by atoms with Gasteiger partial charge in [0, 0.05) is 18.5 Å². The Morgan fingerprint density at radius 3 is 2.87 bits per heavy atom. The lowest BCUT2D eigenvalue weighted by Crippen LogP contribution is -2.29. The predicted octanol–water partition coefficient (Wildman–Crippen LogP) is 4.32. The molecule has 1 amide bonds. The summed E-state index contributed by atoms with van der Waals surface area (Å²) < 4.78 is 11.3. The molecule has 2 aliphatic rings. The van der Waals surface area contributed by atoms with Crippen molar-refractivity contribution in [3.05, 3.63) is 47.0 Å². The van der Waals surface area contributed by atoms with Crippen LogP contribution in [0.3, 0.4) is 0 Å². The highest BCUT2D eigenvalue weighted by molar-refractivity contribution is 8.26. The van der Waals surface area contributed by atoms with Crippen molar-refractivity contribution in [3.8, 4) is 22.8 Å². The van der Waals surface area contributed by atoms with Crippen LogP contribution in [0.15, 0.2) is 41.3 Å². The lowest BCUT2D eigenvalue weighted by molar-refractivity contribution is -0.137. The van der Waals surface area contributed by atoms with Gasteiger partial charge in [0.2, 0.25) is 6.79 Å². The molecule has 0 atom stereocenters. The number of aliphatic carboxylic acids is 1. The van der Waals surface area contributed by atoms with Crippen LogP contribution >= 0.6 is 24.0 Å². The number of thioether (sulfide) groups is 1. The molecule has 1 aromatic heterocycles. The van der Waals surface area contributed by atoms with E-state index in [4.69, 9.17) is 26.8 Å². The van der Waals surface area contributed by atoms with E-state index in [1.807, 2.05) is 36.4 Å². The number of ether oxygens (including phenoxy) is 2. The molecule has 2 aromatic rings. The van der Waals surface area contributed by atoms with E-state index < -0.39 is 5.97 Å². The number of carbonyl (C=O) groups excluding carboxylic acids is 1. The Morgan fingerprint density at radius 1 is 1.19 bits per heavy atom. The number of thiocarbonyl (C=S) groups is 1. The van der Waals surface area contributed by atoms with Crippen LogP contribution in [0.4, 0.5) is 0 Å². The van der Waals surface area contributed by atoms with Gasteiger partial charge in [-0.1, -0.05) is 36.5 Å². The molecule has 1 N–H and O–H groups in total. The van der Waals surface area contributed by atoms with Crippen molar-refractivity contribution in [2.75, 3.05) is 13.3 Å². The highest BCUT2D eigenvalue weighted by Crippen LogP contribution is 2.36. The molecule has 9 heteroatoms. The van der Waals surface area contributed by atoms with E-state index in [1.54, 1.807) is 11.0 Å². The SMILES string of the molecule is O=C(O)CCCCCN1C(=O)C(=Cc2cccc(-c3ccc4c(c3)OCO4)n2)SC1=S. The van der Waals surface area contributed by atoms with E-state index in [0.717, 1.165) is 17.7 Å². The molecule has 0 unspecified atom stereocenters. The number of rotatable bonds is 8. The van der Waals surface area contributed by atoms with Gasteiger partial charge in [-0.3, -0.25) is 14.5 Å². The standard InChI is InChI=1S/C22H20N2O5S2/c25-20(26)7-2-1-3-10-24-21(27)19(31-22(24)30)12-15-5-4-6-16(23-15)14-8-9-17-18(11-14)29-13-28-17/h4-6,8-9,11-12H,1-3,7,10,13H2,(H,25,26). The zero-order valence-electron chi connectivity index (χ0n) is 16.6. The van der Waals surface area contributed by atoms with Crippen LogP contribution in [0.5, 0.6) is 11.5 Å². The first kappa shape index (κ1) is 21.3. The Labute approximate surface area is 189 Å². The molecule has 0 radical (unpaired) electrons. The Kier molecular flexibility index (Phi) is 6.53. The van der Waals surface area contributed by atoms with Gasteiger partial charge in [0.25, 0.3) is 5.91 Å². The maximum Gasteiger partial charge on any atom is 0.303 e. The smallest absolute Gasteiger partial charge is 0.303 e. The van der Waals surface area contributed by atoms with Crippen LogP contribution in [-0.2, 0) is 9.59 Å². The number of carbonyl (C=O) groups is 2. The van der Waals surface area contributed by atoms with E-state index in [1.165, 1.54) is 11.8 Å². The topological polar surface area (TPSA) is 89.0 Å². The molecule has 31 heavy (non-hydrogen) atoms. The van der Waals surface area contributed by atoms with Gasteiger partial charge in [0.15, 0.2) is 11.5 Å². The minimum atomic E-state index is -0.802. The molecular weight excluding hydrogens is 436 g/mol. The number of benzene rings is 1. The van der Waals surface area contributed by atoms with Gasteiger partial charge in [-0.2, -0.15) is 0 Å². The van der Waals surface area contributed by atoms with Crippen molar-refractivity contribution in [3.63, 3.8) is 0 Å². The fourth-order valence-electron chi connectivity index (χ4n) is 3.30. The van der Waals surface area contributed by atoms with Crippen LogP contribution in [0.1, 0.15) is 31.4 Å². The van der Waals surface area contributed by atoms with Gasteiger partial charge in [-0.05, 0) is 49.2 Å². The van der Waals surface area contributed by atoms with E-state index in [2.05, 4.69) is 4.98 Å². The number of unbranched alkanes of at least 4 members (excludes halogenated alkanes) is 2. The van der Waals surface area contributed by atoms with Crippen LogP contribution < -0.4 is 9.47 Å². The zero-order chi connectivity index (χ0) is 21.8. The fourth-order valence-corrected chi connectivity index (χ4v) is 4.59. The maximum atomic E-state index is 12.8. The first-order chi connectivity index (χ1) is 15.0. The summed E-state index contributed by atoms with van der Waals surface area (Å²) in [5.41, 5.74) is 2.33. The zero-order valence-corrected chi connectivity index (χ0v) is 18.2. The quantitative estimate of drug-likeness (QED) is 0.357. The van der Waals surface area contributed by atoms with Gasteiger partial charge in [0.05, 0.1) is 16.3 Å². The van der Waals surface area contributed by atoms with Gasteiger partial charge >= 0.3 is 5.97 Å². The van der Waals surface area contributed by atoms with E-state index in [-0.39, 0.29) is 19.1 Å². The summed E-state index contributed by atoms with van der Waals surface area (Å²) in [5, 5.41) is 8.70. The monoisotopic (exact) mass is 456 g/mol. The molecule has 1 fully saturated rings. The number of hydrogen-bond acceptors (Lipinski definition) is 7. The molecule has 7 nitrogen and oxygen atoms in total. The van der Waals surface area contributed by atoms with E-state index in [9.17, 15) is 9.59 Å². The number of aromatic nitrogens is 1. The van der Waals surface area contributed by atoms with Crippen molar-refractivity contribution < 1.29 is 24.2 Å². The number of amides is 1. The molecule has 1 saturated heterocycles. The molecule has 3 heterocycles. The summed E-state index contributed by atoms with van der Waals surface area (Å²) in [5.74, 6) is 0.466. The summed E-state index contributed by atoms with van der Waals surface area (Å²) in [6.45, 7) is 0.708. The second-order valence-corrected chi connectivity index (χ2v) is 8.73. The van der Waals surface area contributed by atoms with Gasteiger partial charge < -0.3 is 14.6 Å². The number of nitrogens with zero attached hydrogens (tertiary/aromatic N) is 2. The third-order valence-corrected chi connectivity index (χ3v) is 6.24. The molecule has 4 rings (SSSR count). The van der Waals surface area contributed by atoms with E-state index >= 15 is 0 Å². The molecule has 1 aromatic carbocycles. The number of carboxylic acid groups (broad SMARTS) is 1. The third-order valence-electron chi connectivity index (χ3n) is 4.86. The molecule has 0 spiro atoms. The lowest BCUT2D eigenvalue weighted by Gasteiger charge is -2.13. The van der Waals surface area contributed by atoms with Crippen LogP contribution in [0, 0.1) is 0 Å². The van der Waals surface area contributed by atoms with Crippen LogP contribution in [0.2, 0.25) is 0 Å². The molecular formula is C22H20N2O5S2. The lowest BCUT2D eigenvalue weighted by atomic mass is 10.1. The van der Waals surface area contributed by atoms with Crippen LogP contribution in [-0.4, -0.2) is 44.5 Å². The summed E-state index contributed by atoms with van der Waals surface area (Å²) in [7, 11) is 0. The second kappa shape index (κ2) is 9.49. The average Bonchev–Trinajstić information content (AvgIpc) is 3.32. The van der Waals surface area contributed by atoms with E-state index in [0.29, 0.717) is 45.8 Å². The largest absolute Gasteiger partial charge is 0.481 e. The second-order valence-electron chi connectivity index (χ2n) is 7.05. The summed E-state index contributed by atoms with van der Waals surface area (Å²) >= 11 is 6.63. The summed E-state index contributed by atoms with van der Waals surface area (Å²) in [4.78, 5) is 30.1. The summed E-state index contributed by atoms with van der Waals surface area (Å²) in [6, 6.07) is 11.3. The molecule has 0 bridgehead atoms. The molecule has 160 valence electrons. The number of hydrogen-bond donors (Lipinski definition) is 1. The van der Waals surface area contributed by atoms with Crippen molar-refractivity contribution >= 4 is 46.3 Å². The summed E-state index contributed by atoms with van der Waals surface area (Å²) in [6.07, 6.45) is 3.94. The third kappa shape index (κ3) is 5.05. The Balaban J connectivity index is 1.44. The Morgan fingerprint density at radius 2 is 2.03 bits per heavy atom. The number of fused-ring (bicyclic) bond motifs is 1. The van der Waals surface area contributed by atoms with Crippen molar-refractivity contribution in [2.24, 2.45) is 0 Å². The van der Waals surface area contributed by atoms with Crippen molar-refractivity contribution in [2.45, 2.75) is 25.7 Å². The molecule has 0 aliphatic carbocycles. The number of pyridine rings is 1. The highest BCUT2D eigenvalue weighted by atomic mass is 32.2. The van der Waals surface area contributed by atoms with Crippen molar-refractivity contribution in [1.29, 1.82) is 0 Å². The first-order valence-electron chi connectivity index (χ1n) is 9.85. The van der Waals surface area contributed by atoms with Gasteiger partial charge in [-0.25, -0.2) is 4.98 Å². The molecule has 0 saturated carbocycles. The highest BCUT2D eigenvalue weighted by Gasteiger charge is 2.31. The minimum Gasteiger partial charge on any atom is -0.481 e. The Bertz CT molecular complexity index is 1070. The van der Waals surface area contributed by atoms with Gasteiger partial charge in [0.1, 0.15) is 4.32 Å². The maximum absolute atomic E-state index is 12.8. The van der Waals surface area contributed by atoms with Crippen LogP contribution in [0.25, 0.3) is 17.3 Å². The Hall–Kier alpha value is -2.91.